The van der Waals surface area contributed by atoms with Gasteiger partial charge in [-0.1, -0.05) is 77.0 Å². The van der Waals surface area contributed by atoms with Crippen molar-refractivity contribution in [2.45, 2.75) is 134 Å². The van der Waals surface area contributed by atoms with Gasteiger partial charge in [0.15, 0.2) is 0 Å². The number of amides is 4. The third kappa shape index (κ3) is 18.9. The van der Waals surface area contributed by atoms with Gasteiger partial charge < -0.3 is 25.5 Å². The highest BCUT2D eigenvalue weighted by atomic mass is 31.2. The molecule has 14 heteroatoms. The zero-order valence-electron chi connectivity index (χ0n) is 25.7. The maximum absolute atomic E-state index is 13.2. The minimum Gasteiger partial charge on any atom is -0.480 e. The zero-order valence-corrected chi connectivity index (χ0v) is 26.6. The summed E-state index contributed by atoms with van der Waals surface area (Å²) < 4.78 is 23.9. The van der Waals surface area contributed by atoms with Crippen LogP contribution in [0.3, 0.4) is 0 Å². The van der Waals surface area contributed by atoms with Crippen LogP contribution < -0.4 is 10.6 Å². The van der Waals surface area contributed by atoms with Crippen molar-refractivity contribution in [1.29, 1.82) is 0 Å². The summed E-state index contributed by atoms with van der Waals surface area (Å²) in [5.74, 6) is -4.63. The highest BCUT2D eigenvalue weighted by Gasteiger charge is 2.27. The van der Waals surface area contributed by atoms with Crippen molar-refractivity contribution in [3.63, 3.8) is 0 Å². The Hall–Kier alpha value is -2.63. The van der Waals surface area contributed by atoms with E-state index < -0.39 is 25.5 Å². The third-order valence-electron chi connectivity index (χ3n) is 7.53. The average Bonchev–Trinajstić information content (AvgIpc) is 3.28. The molecule has 0 fully saturated rings. The number of imide groups is 1. The smallest absolute Gasteiger partial charge is 0.359 e. The molecule has 4 amide bonds. The van der Waals surface area contributed by atoms with Crippen molar-refractivity contribution in [2.75, 3.05) is 13.1 Å². The standard InChI is InChI=1S/C30H51FN3O9P/c31-25(44(41,42)43)17-13-10-8-6-4-2-1-3-5-7-9-11-14-19-27(36)33-24(30(39)40)23-32-26(35)18-15-12-16-22-34-28(37)20-21-29(34)38/h20-21,24-25H,1-19,22-23H2,(H,32,35)(H,33,36)(H,39,40)(H2,41,42,43). The van der Waals surface area contributed by atoms with Crippen LogP contribution >= 0.6 is 7.60 Å². The first-order valence-corrected chi connectivity index (χ1v) is 17.6. The molecule has 1 rings (SSSR count). The van der Waals surface area contributed by atoms with Crippen molar-refractivity contribution >= 4 is 37.2 Å². The lowest BCUT2D eigenvalue weighted by Crippen LogP contribution is -2.48. The first kappa shape index (κ1) is 39.4. The van der Waals surface area contributed by atoms with Crippen molar-refractivity contribution in [2.24, 2.45) is 0 Å². The lowest BCUT2D eigenvalue weighted by Gasteiger charge is -2.15. The number of hydrogen-bond donors (Lipinski definition) is 5. The van der Waals surface area contributed by atoms with Gasteiger partial charge in [-0.3, -0.25) is 28.6 Å². The van der Waals surface area contributed by atoms with Gasteiger partial charge in [-0.05, 0) is 32.1 Å². The van der Waals surface area contributed by atoms with Gasteiger partial charge in [-0.25, -0.2) is 9.18 Å². The van der Waals surface area contributed by atoms with Gasteiger partial charge in [0.05, 0.1) is 0 Å². The van der Waals surface area contributed by atoms with E-state index >= 15 is 0 Å². The van der Waals surface area contributed by atoms with E-state index in [1.165, 1.54) is 12.2 Å². The van der Waals surface area contributed by atoms with E-state index in [4.69, 9.17) is 9.79 Å². The molecule has 5 N–H and O–H groups in total. The summed E-state index contributed by atoms with van der Waals surface area (Å²) >= 11 is 0. The second-order valence-electron chi connectivity index (χ2n) is 11.4. The monoisotopic (exact) mass is 647 g/mol. The number of unbranched alkanes of at least 4 members (excludes halogenated alkanes) is 14. The number of carbonyl (C=O) groups is 5. The number of nitrogens with zero attached hydrogens (tertiary/aromatic N) is 1. The first-order valence-electron chi connectivity index (χ1n) is 15.9. The molecule has 252 valence electrons. The quantitative estimate of drug-likeness (QED) is 0.0486. The van der Waals surface area contributed by atoms with Crippen molar-refractivity contribution in [3.05, 3.63) is 12.2 Å². The summed E-state index contributed by atoms with van der Waals surface area (Å²) in [6.07, 6.45) is 17.0. The Balaban J connectivity index is 1.97. The molecule has 0 aromatic rings. The van der Waals surface area contributed by atoms with Crippen LogP contribution in [0.15, 0.2) is 12.2 Å². The summed E-state index contributed by atoms with van der Waals surface area (Å²) in [5, 5.41) is 14.4. The molecule has 0 aromatic carbocycles. The molecule has 1 heterocycles. The van der Waals surface area contributed by atoms with Crippen LogP contribution in [0.1, 0.15) is 122 Å². The lowest BCUT2D eigenvalue weighted by atomic mass is 10.0. The normalized spacial score (nSPS) is 14.6. The van der Waals surface area contributed by atoms with Crippen molar-refractivity contribution in [1.82, 2.24) is 15.5 Å². The number of carboxylic acids is 1. The highest BCUT2D eigenvalue weighted by molar-refractivity contribution is 7.52. The molecule has 0 saturated heterocycles. The molecule has 0 aliphatic carbocycles. The number of hydrogen-bond acceptors (Lipinski definition) is 6. The highest BCUT2D eigenvalue weighted by Crippen LogP contribution is 2.44. The van der Waals surface area contributed by atoms with Crippen molar-refractivity contribution < 1.29 is 47.8 Å². The Morgan fingerprint density at radius 2 is 1.16 bits per heavy atom. The van der Waals surface area contributed by atoms with Crippen LogP contribution in [0.5, 0.6) is 0 Å². The van der Waals surface area contributed by atoms with Gasteiger partial charge >= 0.3 is 13.6 Å². The molecule has 2 unspecified atom stereocenters. The number of carboxylic acid groups (broad SMARTS) is 1. The van der Waals surface area contributed by atoms with E-state index in [1.807, 2.05) is 0 Å². The third-order valence-corrected chi connectivity index (χ3v) is 8.52. The predicted molar refractivity (Wildman–Crippen MR) is 163 cm³/mol. The molecular formula is C30H51FN3O9P. The van der Waals surface area contributed by atoms with Gasteiger partial charge in [0.1, 0.15) is 6.04 Å². The van der Waals surface area contributed by atoms with E-state index in [1.54, 1.807) is 0 Å². The van der Waals surface area contributed by atoms with Crippen LogP contribution in [0, 0.1) is 0 Å². The molecular weight excluding hydrogens is 596 g/mol. The second-order valence-corrected chi connectivity index (χ2v) is 13.1. The fourth-order valence-electron chi connectivity index (χ4n) is 4.87. The Kier molecular flexibility index (Phi) is 20.4. The molecule has 1 aliphatic rings. The predicted octanol–water partition coefficient (Wildman–Crippen LogP) is 4.48. The SMILES string of the molecule is O=C(CCCCCN1C(=O)C=CC1=O)NCC(NC(=O)CCCCCCCCCCCCCCCC(F)P(=O)(O)O)C(=O)O. The second kappa shape index (κ2) is 22.8. The molecule has 44 heavy (non-hydrogen) atoms. The van der Waals surface area contributed by atoms with Gasteiger partial charge in [0.25, 0.3) is 11.8 Å². The van der Waals surface area contributed by atoms with E-state index in [2.05, 4.69) is 10.6 Å². The molecule has 0 spiro atoms. The summed E-state index contributed by atoms with van der Waals surface area (Å²) in [6, 6.07) is -1.21. The summed E-state index contributed by atoms with van der Waals surface area (Å²) in [6.45, 7) is 0.0874. The Morgan fingerprint density at radius 1 is 0.727 bits per heavy atom. The Bertz CT molecular complexity index is 971. The average molecular weight is 648 g/mol. The number of halogens is 1. The number of rotatable bonds is 27. The van der Waals surface area contributed by atoms with E-state index in [9.17, 15) is 38.0 Å². The van der Waals surface area contributed by atoms with E-state index in [-0.39, 0.29) is 49.4 Å². The Morgan fingerprint density at radius 3 is 1.64 bits per heavy atom. The van der Waals surface area contributed by atoms with Crippen molar-refractivity contribution in [3.8, 4) is 0 Å². The molecule has 12 nitrogen and oxygen atoms in total. The lowest BCUT2D eigenvalue weighted by molar-refractivity contribution is -0.142. The minimum absolute atomic E-state index is 0.0874. The van der Waals surface area contributed by atoms with E-state index in [0.29, 0.717) is 38.6 Å². The topological polar surface area (TPSA) is 190 Å². The van der Waals surface area contributed by atoms with Crippen LogP contribution in [-0.4, -0.2) is 74.4 Å². The number of nitrogens with one attached hydrogen (secondary N) is 2. The van der Waals surface area contributed by atoms with Gasteiger partial charge in [-0.15, -0.1) is 0 Å². The number of alkyl halides is 1. The zero-order chi connectivity index (χ0) is 32.8. The molecule has 0 saturated carbocycles. The fraction of sp³-hybridized carbons (Fsp3) is 0.767. The Labute approximate surface area is 259 Å². The van der Waals surface area contributed by atoms with Gasteiger partial charge in [-0.2, -0.15) is 0 Å². The van der Waals surface area contributed by atoms with Gasteiger partial charge in [0, 0.05) is 38.1 Å². The molecule has 0 aromatic heterocycles. The maximum Gasteiger partial charge on any atom is 0.359 e. The number of carbonyl (C=O) groups excluding carboxylic acids is 4. The summed E-state index contributed by atoms with van der Waals surface area (Å²) in [5.41, 5.74) is 0. The van der Waals surface area contributed by atoms with Gasteiger partial charge in [0.2, 0.25) is 17.7 Å². The first-order chi connectivity index (χ1) is 20.9. The molecule has 2 atom stereocenters. The summed E-state index contributed by atoms with van der Waals surface area (Å²) in [7, 11) is -4.60. The molecule has 0 radical (unpaired) electrons. The van der Waals surface area contributed by atoms with Crippen LogP contribution in [0.25, 0.3) is 0 Å². The maximum atomic E-state index is 13.2. The molecule has 1 aliphatic heterocycles. The molecule has 0 bridgehead atoms. The van der Waals surface area contributed by atoms with Crippen LogP contribution in [0.2, 0.25) is 0 Å². The number of aliphatic carboxylic acids is 1. The fourth-order valence-corrected chi connectivity index (χ4v) is 5.38. The largest absolute Gasteiger partial charge is 0.480 e. The summed E-state index contributed by atoms with van der Waals surface area (Å²) in [4.78, 5) is 77.4. The van der Waals surface area contributed by atoms with Crippen LogP contribution in [-0.2, 0) is 28.5 Å². The van der Waals surface area contributed by atoms with Crippen LogP contribution in [0.4, 0.5) is 4.39 Å². The van der Waals surface area contributed by atoms with E-state index in [0.717, 1.165) is 75.5 Å². The minimum atomic E-state index is -4.60.